The molecule has 132 valence electrons. The molecule has 0 amide bonds. The summed E-state index contributed by atoms with van der Waals surface area (Å²) in [7, 11) is 2.06. The van der Waals surface area contributed by atoms with Gasteiger partial charge in [0, 0.05) is 25.8 Å². The van der Waals surface area contributed by atoms with Gasteiger partial charge in [-0.15, -0.1) is 17.5 Å². The van der Waals surface area contributed by atoms with Gasteiger partial charge >= 0.3 is 0 Å². The van der Waals surface area contributed by atoms with Gasteiger partial charge in [-0.05, 0) is 19.2 Å². The molecule has 0 saturated carbocycles. The van der Waals surface area contributed by atoms with Crippen molar-refractivity contribution in [1.29, 1.82) is 0 Å². The fourth-order valence-corrected chi connectivity index (χ4v) is 2.70. The summed E-state index contributed by atoms with van der Waals surface area (Å²) in [6, 6.07) is 5.88. The van der Waals surface area contributed by atoms with Crippen molar-refractivity contribution in [1.82, 2.24) is 40.3 Å². The summed E-state index contributed by atoms with van der Waals surface area (Å²) in [4.78, 5) is 11.0. The molecule has 0 aliphatic carbocycles. The van der Waals surface area contributed by atoms with E-state index in [1.807, 2.05) is 18.2 Å². The first kappa shape index (κ1) is 17.5. The van der Waals surface area contributed by atoms with Crippen LogP contribution in [0.4, 0.5) is 0 Å². The SMILES string of the molecule is CN1CCNCC1c1noc(-c2cn(Cc3ccccn3)nn2)n1.Cl. The molecule has 1 N–H and O–H groups in total. The second kappa shape index (κ2) is 7.68. The van der Waals surface area contributed by atoms with Gasteiger partial charge in [0.15, 0.2) is 11.5 Å². The van der Waals surface area contributed by atoms with Crippen molar-refractivity contribution < 1.29 is 4.52 Å². The molecule has 3 aromatic rings. The third kappa shape index (κ3) is 3.84. The van der Waals surface area contributed by atoms with Gasteiger partial charge in [-0.2, -0.15) is 4.98 Å². The molecule has 1 atom stereocenters. The van der Waals surface area contributed by atoms with Gasteiger partial charge in [-0.1, -0.05) is 16.4 Å². The normalized spacial score (nSPS) is 18.0. The molecule has 0 radical (unpaired) electrons. The van der Waals surface area contributed by atoms with Crippen LogP contribution in [0, 0.1) is 0 Å². The van der Waals surface area contributed by atoms with Gasteiger partial charge in [0.25, 0.3) is 5.89 Å². The Morgan fingerprint density at radius 1 is 1.36 bits per heavy atom. The molecule has 0 bridgehead atoms. The largest absolute Gasteiger partial charge is 0.332 e. The molecule has 3 aromatic heterocycles. The van der Waals surface area contributed by atoms with Gasteiger partial charge in [0.1, 0.15) is 0 Å². The van der Waals surface area contributed by atoms with E-state index >= 15 is 0 Å². The number of hydrogen-bond donors (Lipinski definition) is 1. The van der Waals surface area contributed by atoms with Crippen LogP contribution < -0.4 is 5.32 Å². The molecule has 1 aliphatic rings. The lowest BCUT2D eigenvalue weighted by Gasteiger charge is -2.30. The van der Waals surface area contributed by atoms with E-state index < -0.39 is 0 Å². The summed E-state index contributed by atoms with van der Waals surface area (Å²) in [5, 5.41) is 15.7. The number of aromatic nitrogens is 6. The Bertz CT molecular complexity index is 805. The van der Waals surface area contributed by atoms with Crippen molar-refractivity contribution >= 4 is 12.4 Å². The van der Waals surface area contributed by atoms with Crippen LogP contribution in [0.2, 0.25) is 0 Å². The number of nitrogens with one attached hydrogen (secondary N) is 1. The van der Waals surface area contributed by atoms with Crippen LogP contribution in [0.1, 0.15) is 17.6 Å². The Hall–Kier alpha value is -2.36. The van der Waals surface area contributed by atoms with Gasteiger partial charge in [0.2, 0.25) is 0 Å². The van der Waals surface area contributed by atoms with E-state index in [1.54, 1.807) is 17.1 Å². The highest BCUT2D eigenvalue weighted by molar-refractivity contribution is 5.85. The average Bonchev–Trinajstić information content (AvgIpc) is 3.25. The number of halogens is 1. The third-order valence-corrected chi connectivity index (χ3v) is 4.06. The van der Waals surface area contributed by atoms with Crippen molar-refractivity contribution in [3.63, 3.8) is 0 Å². The van der Waals surface area contributed by atoms with Crippen LogP contribution in [0.3, 0.4) is 0 Å². The lowest BCUT2D eigenvalue weighted by atomic mass is 10.2. The molecule has 1 fully saturated rings. The summed E-state index contributed by atoms with van der Waals surface area (Å²) in [6.45, 7) is 3.28. The summed E-state index contributed by atoms with van der Waals surface area (Å²) < 4.78 is 7.07. The van der Waals surface area contributed by atoms with Crippen LogP contribution in [0.15, 0.2) is 35.1 Å². The summed E-state index contributed by atoms with van der Waals surface area (Å²) in [6.07, 6.45) is 3.54. The van der Waals surface area contributed by atoms with E-state index in [0.717, 1.165) is 25.3 Å². The highest BCUT2D eigenvalue weighted by Gasteiger charge is 2.26. The van der Waals surface area contributed by atoms with Gasteiger partial charge < -0.3 is 9.84 Å². The van der Waals surface area contributed by atoms with Crippen molar-refractivity contribution in [2.45, 2.75) is 12.6 Å². The smallest absolute Gasteiger partial charge is 0.280 e. The first-order valence-electron chi connectivity index (χ1n) is 7.84. The molecule has 10 heteroatoms. The Morgan fingerprint density at radius 2 is 2.28 bits per heavy atom. The zero-order valence-electron chi connectivity index (χ0n) is 13.7. The van der Waals surface area contributed by atoms with E-state index in [0.29, 0.717) is 24.0 Å². The zero-order chi connectivity index (χ0) is 16.4. The molecule has 1 saturated heterocycles. The minimum absolute atomic E-state index is 0. The Morgan fingerprint density at radius 3 is 3.08 bits per heavy atom. The quantitative estimate of drug-likeness (QED) is 0.726. The molecule has 1 unspecified atom stereocenters. The molecular weight excluding hydrogens is 344 g/mol. The van der Waals surface area contributed by atoms with E-state index in [-0.39, 0.29) is 18.4 Å². The number of hydrogen-bond acceptors (Lipinski definition) is 8. The molecule has 4 heterocycles. The summed E-state index contributed by atoms with van der Waals surface area (Å²) in [5.41, 5.74) is 1.48. The van der Waals surface area contributed by atoms with Gasteiger partial charge in [0.05, 0.1) is 24.5 Å². The fourth-order valence-electron chi connectivity index (χ4n) is 2.70. The van der Waals surface area contributed by atoms with Crippen LogP contribution in [0.5, 0.6) is 0 Å². The lowest BCUT2D eigenvalue weighted by molar-refractivity contribution is 0.190. The highest BCUT2D eigenvalue weighted by atomic mass is 35.5. The van der Waals surface area contributed by atoms with Crippen LogP contribution >= 0.6 is 12.4 Å². The van der Waals surface area contributed by atoms with E-state index in [1.165, 1.54) is 0 Å². The topological polar surface area (TPSA) is 97.8 Å². The van der Waals surface area contributed by atoms with E-state index in [4.69, 9.17) is 4.52 Å². The van der Waals surface area contributed by atoms with Crippen LogP contribution in [-0.2, 0) is 6.54 Å². The summed E-state index contributed by atoms with van der Waals surface area (Å²) >= 11 is 0. The fraction of sp³-hybridized carbons (Fsp3) is 0.400. The first-order chi connectivity index (χ1) is 11.8. The molecule has 9 nitrogen and oxygen atoms in total. The van der Waals surface area contributed by atoms with Crippen molar-refractivity contribution in [2.75, 3.05) is 26.7 Å². The molecule has 25 heavy (non-hydrogen) atoms. The Kier molecular flexibility index (Phi) is 5.37. The zero-order valence-corrected chi connectivity index (χ0v) is 14.6. The van der Waals surface area contributed by atoms with E-state index in [9.17, 15) is 0 Å². The van der Waals surface area contributed by atoms with Crippen LogP contribution in [-0.4, -0.2) is 61.7 Å². The molecule has 4 rings (SSSR count). The number of pyridine rings is 1. The number of piperazine rings is 1. The highest BCUT2D eigenvalue weighted by Crippen LogP contribution is 2.21. The second-order valence-electron chi connectivity index (χ2n) is 5.78. The Labute approximate surface area is 150 Å². The second-order valence-corrected chi connectivity index (χ2v) is 5.78. The average molecular weight is 363 g/mol. The predicted molar refractivity (Wildman–Crippen MR) is 92.1 cm³/mol. The predicted octanol–water partition coefficient (Wildman–Crippen LogP) is 0.769. The molecule has 0 aromatic carbocycles. The number of likely N-dealkylation sites (N-methyl/N-ethyl adjacent to an activating group) is 1. The maximum Gasteiger partial charge on any atom is 0.280 e. The van der Waals surface area contributed by atoms with Gasteiger partial charge in [-0.25, -0.2) is 4.68 Å². The molecule has 1 aliphatic heterocycles. The molecular formula is C15H19ClN8O. The number of nitrogens with zero attached hydrogens (tertiary/aromatic N) is 7. The number of rotatable bonds is 4. The minimum Gasteiger partial charge on any atom is -0.332 e. The third-order valence-electron chi connectivity index (χ3n) is 4.06. The monoisotopic (exact) mass is 362 g/mol. The lowest BCUT2D eigenvalue weighted by Crippen LogP contribution is -2.44. The maximum absolute atomic E-state index is 5.37. The van der Waals surface area contributed by atoms with Crippen molar-refractivity contribution in [3.8, 4) is 11.6 Å². The van der Waals surface area contributed by atoms with Gasteiger partial charge in [-0.3, -0.25) is 9.88 Å². The van der Waals surface area contributed by atoms with Crippen LogP contribution in [0.25, 0.3) is 11.6 Å². The van der Waals surface area contributed by atoms with Crippen molar-refractivity contribution in [2.24, 2.45) is 0 Å². The first-order valence-corrected chi connectivity index (χ1v) is 7.84. The van der Waals surface area contributed by atoms with E-state index in [2.05, 4.69) is 42.7 Å². The van der Waals surface area contributed by atoms with Crippen molar-refractivity contribution in [3.05, 3.63) is 42.1 Å². The maximum atomic E-state index is 5.37. The minimum atomic E-state index is 0. The summed E-state index contributed by atoms with van der Waals surface area (Å²) in [5.74, 6) is 1.05. The Balaban J connectivity index is 0.00000182. The standard InChI is InChI=1S/C15H18N8O.ClH/c1-22-7-6-16-8-13(22)14-18-15(24-20-14)12-10-23(21-19-12)9-11-4-2-3-5-17-11;/h2-5,10,13,16H,6-9H2,1H3;1H. The molecule has 0 spiro atoms.